The van der Waals surface area contributed by atoms with Gasteiger partial charge in [-0.2, -0.15) is 60.0 Å². The predicted molar refractivity (Wildman–Crippen MR) is 174 cm³/mol. The molecule has 8 nitrogen and oxygen atoms in total. The SMILES string of the molecule is Fc1cc(Br)cc(F)c1C1=[S+]CCCS1.O=C(O)c1c(F)cc(Br)cc1F.O=S(=O)(O)C(F)(F)F.O=S(=O)([O-])C(F)(F)F.SCCCS. The molecule has 0 atom stereocenters. The summed E-state index contributed by atoms with van der Waals surface area (Å²) in [7, 11) is -11.9. The Morgan fingerprint density at radius 3 is 1.44 bits per heavy atom. The molecule has 1 aliphatic heterocycles. The van der Waals surface area contributed by atoms with E-state index in [0.717, 1.165) is 52.2 Å². The zero-order valence-electron chi connectivity index (χ0n) is 23.0. The van der Waals surface area contributed by atoms with E-state index in [9.17, 15) is 48.7 Å². The number of hydrogen-bond acceptors (Lipinski definition) is 9. The summed E-state index contributed by atoms with van der Waals surface area (Å²) >= 11 is 16.9. The zero-order valence-corrected chi connectivity index (χ0v) is 31.2. The molecular formula is C22H20Br2F10O8S6. The highest BCUT2D eigenvalue weighted by molar-refractivity contribution is 9.10. The minimum atomic E-state index is -6.09. The first-order chi connectivity index (χ1) is 21.6. The second-order valence-corrected chi connectivity index (χ2v) is 15.7. The Labute approximate surface area is 303 Å². The average molecular weight is 955 g/mol. The highest BCUT2D eigenvalue weighted by atomic mass is 79.9. The van der Waals surface area contributed by atoms with E-state index in [1.54, 1.807) is 0 Å². The highest BCUT2D eigenvalue weighted by Crippen LogP contribution is 2.26. The van der Waals surface area contributed by atoms with Crippen molar-refractivity contribution in [1.82, 2.24) is 0 Å². The lowest BCUT2D eigenvalue weighted by Gasteiger charge is -2.08. The van der Waals surface area contributed by atoms with E-state index in [1.165, 1.54) is 35.2 Å². The molecule has 2 aromatic carbocycles. The molecule has 2 N–H and O–H groups in total. The van der Waals surface area contributed by atoms with Crippen LogP contribution in [0.25, 0.3) is 0 Å². The third kappa shape index (κ3) is 19.5. The molecule has 3 rings (SSSR count). The summed E-state index contributed by atoms with van der Waals surface area (Å²) in [5.74, 6) is -0.958. The molecule has 1 heterocycles. The van der Waals surface area contributed by atoms with Crippen molar-refractivity contribution >= 4 is 111 Å². The van der Waals surface area contributed by atoms with Crippen LogP contribution in [0.2, 0.25) is 0 Å². The van der Waals surface area contributed by atoms with Crippen molar-refractivity contribution in [1.29, 1.82) is 0 Å². The van der Waals surface area contributed by atoms with Gasteiger partial charge in [0.05, 0.1) is 0 Å². The summed E-state index contributed by atoms with van der Waals surface area (Å²) in [6.07, 6.45) is 2.21. The zero-order chi connectivity index (χ0) is 38.3. The number of halogens is 12. The molecule has 0 fully saturated rings. The third-order valence-electron chi connectivity index (χ3n) is 4.08. The Hall–Kier alpha value is -0.870. The van der Waals surface area contributed by atoms with Gasteiger partial charge in [-0.15, -0.1) is 0 Å². The standard InChI is InChI=1S/C10H8BrF2S2.C7H3BrF2O2.C3H8S2.2CHF3O3S/c11-6-4-7(12)9(8(13)5-6)10-14-2-1-3-15-10;8-3-1-4(9)6(7(11)12)5(10)2-3;4-2-1-3-5;2*2-1(3,4)8(5,6)7/h4-5H,1-3H2;1-2H,(H,11,12);4-5H,1-3H2;2*(H,5,6,7)/q+1;;;;/p-1. The van der Waals surface area contributed by atoms with Crippen LogP contribution in [0.15, 0.2) is 33.2 Å². The molecule has 26 heteroatoms. The molecule has 2 aromatic rings. The number of alkyl halides is 6. The Morgan fingerprint density at radius 1 is 0.854 bits per heavy atom. The average Bonchev–Trinajstić information content (AvgIpc) is 2.87. The van der Waals surface area contributed by atoms with Crippen LogP contribution >= 0.6 is 68.9 Å². The minimum Gasteiger partial charge on any atom is -0.741 e. The smallest absolute Gasteiger partial charge is 0.522 e. The first-order valence-electron chi connectivity index (χ1n) is 11.5. The summed E-state index contributed by atoms with van der Waals surface area (Å²) in [6.45, 7) is 0. The van der Waals surface area contributed by atoms with E-state index in [2.05, 4.69) is 57.1 Å². The number of benzene rings is 2. The van der Waals surface area contributed by atoms with Gasteiger partial charge >= 0.3 is 27.1 Å². The van der Waals surface area contributed by atoms with Crippen molar-refractivity contribution in [2.75, 3.05) is 23.0 Å². The van der Waals surface area contributed by atoms with Crippen LogP contribution in [0.5, 0.6) is 0 Å². The maximum absolute atomic E-state index is 13.6. The van der Waals surface area contributed by atoms with Crippen molar-refractivity contribution in [3.63, 3.8) is 0 Å². The molecule has 48 heavy (non-hydrogen) atoms. The molecule has 0 unspecified atom stereocenters. The van der Waals surface area contributed by atoms with Crippen molar-refractivity contribution in [3.05, 3.63) is 67.6 Å². The van der Waals surface area contributed by atoms with Crippen molar-refractivity contribution < 1.29 is 79.7 Å². The summed E-state index contributed by atoms with van der Waals surface area (Å²) in [6, 6.07) is 4.40. The fraction of sp³-hybridized carbons (Fsp3) is 0.364. The number of thiol groups is 2. The van der Waals surface area contributed by atoms with E-state index in [0.29, 0.717) is 4.47 Å². The second-order valence-electron chi connectivity index (χ2n) is 7.75. The summed E-state index contributed by atoms with van der Waals surface area (Å²) < 4.78 is 170. The van der Waals surface area contributed by atoms with Gasteiger partial charge in [-0.3, -0.25) is 4.55 Å². The lowest BCUT2D eigenvalue weighted by molar-refractivity contribution is -0.0519. The van der Waals surface area contributed by atoms with E-state index in [4.69, 9.17) is 31.0 Å². The normalized spacial score (nSPS) is 13.1. The van der Waals surface area contributed by atoms with Crippen LogP contribution in [0.4, 0.5) is 43.9 Å². The van der Waals surface area contributed by atoms with E-state index in [1.807, 2.05) is 0 Å². The van der Waals surface area contributed by atoms with E-state index >= 15 is 0 Å². The number of hydrogen-bond donors (Lipinski definition) is 4. The number of carboxylic acids is 1. The van der Waals surface area contributed by atoms with Gasteiger partial charge in [0.2, 0.25) is 0 Å². The van der Waals surface area contributed by atoms with Crippen LogP contribution in [0, 0.1) is 23.3 Å². The quantitative estimate of drug-likeness (QED) is 0.0610. The van der Waals surface area contributed by atoms with Crippen LogP contribution in [-0.4, -0.2) is 75.2 Å². The molecule has 0 radical (unpaired) electrons. The maximum atomic E-state index is 13.6. The largest absolute Gasteiger partial charge is 0.741 e. The van der Waals surface area contributed by atoms with E-state index < -0.39 is 66.1 Å². The van der Waals surface area contributed by atoms with Crippen LogP contribution < -0.4 is 0 Å². The minimum absolute atomic E-state index is 0.132. The third-order valence-corrected chi connectivity index (χ3v) is 9.40. The molecule has 0 aromatic heterocycles. The Kier molecular flexibility index (Phi) is 22.7. The first-order valence-corrected chi connectivity index (χ1v) is 19.2. The Balaban J connectivity index is 0. The molecular weight excluding hydrogens is 934 g/mol. The van der Waals surface area contributed by atoms with Crippen molar-refractivity contribution in [3.8, 4) is 0 Å². The van der Waals surface area contributed by atoms with Gasteiger partial charge in [-0.25, -0.2) is 30.8 Å². The van der Waals surface area contributed by atoms with Crippen LogP contribution in [-0.2, 0) is 31.6 Å². The first kappa shape index (κ1) is 49.2. The molecule has 1 aliphatic rings. The monoisotopic (exact) mass is 952 g/mol. The molecule has 0 bridgehead atoms. The van der Waals surface area contributed by atoms with Gasteiger partial charge in [-0.05, 0) is 42.2 Å². The summed E-state index contributed by atoms with van der Waals surface area (Å²) in [5.41, 5.74) is -12.0. The lowest BCUT2D eigenvalue weighted by atomic mass is 10.2. The fourth-order valence-corrected chi connectivity index (χ4v) is 6.14. The molecule has 0 spiro atoms. The Bertz CT molecular complexity index is 1520. The van der Waals surface area contributed by atoms with Gasteiger partial charge < -0.3 is 9.66 Å². The highest BCUT2D eigenvalue weighted by Gasteiger charge is 2.44. The summed E-state index contributed by atoms with van der Waals surface area (Å²) in [5, 5.41) is 8.34. The topological polar surface area (TPSA) is 149 Å². The van der Waals surface area contributed by atoms with Gasteiger partial charge in [0, 0.05) is 21.1 Å². The number of carbonyl (C=O) groups is 1. The fourth-order valence-electron chi connectivity index (χ4n) is 2.13. The van der Waals surface area contributed by atoms with E-state index in [-0.39, 0.29) is 10.0 Å². The van der Waals surface area contributed by atoms with Gasteiger partial charge in [0.1, 0.15) is 34.4 Å². The number of thioether (sulfide) groups is 1. The number of rotatable bonds is 4. The van der Waals surface area contributed by atoms with Crippen LogP contribution in [0.3, 0.4) is 0 Å². The molecule has 276 valence electrons. The number of aromatic carboxylic acids is 1. The van der Waals surface area contributed by atoms with Gasteiger partial charge in [0.15, 0.2) is 27.2 Å². The van der Waals surface area contributed by atoms with Gasteiger partial charge in [0.25, 0.3) is 4.20 Å². The van der Waals surface area contributed by atoms with Gasteiger partial charge in [-0.1, -0.05) is 43.6 Å². The van der Waals surface area contributed by atoms with Crippen LogP contribution in [0.1, 0.15) is 28.8 Å². The maximum Gasteiger partial charge on any atom is 0.522 e. The van der Waals surface area contributed by atoms with Crippen molar-refractivity contribution in [2.24, 2.45) is 0 Å². The molecule has 0 aliphatic carbocycles. The lowest BCUT2D eigenvalue weighted by Crippen LogP contribution is -2.21. The molecule has 0 saturated heterocycles. The second kappa shape index (κ2) is 22.1. The predicted octanol–water partition coefficient (Wildman–Crippen LogP) is 7.53. The number of carboxylic acid groups (broad SMARTS) is 1. The Morgan fingerprint density at radius 2 is 1.21 bits per heavy atom. The molecule has 0 saturated carbocycles. The summed E-state index contributed by atoms with van der Waals surface area (Å²) in [4.78, 5) is 10.3. The molecule has 0 amide bonds. The van der Waals surface area contributed by atoms with Crippen molar-refractivity contribution in [2.45, 2.75) is 23.9 Å².